The van der Waals surface area contributed by atoms with Crippen LogP contribution in [0.5, 0.6) is 0 Å². The molecule has 0 bridgehead atoms. The predicted molar refractivity (Wildman–Crippen MR) is 69.6 cm³/mol. The molecule has 2 unspecified atom stereocenters. The van der Waals surface area contributed by atoms with Gasteiger partial charge in [-0.15, -0.1) is 0 Å². The van der Waals surface area contributed by atoms with Crippen molar-refractivity contribution in [1.29, 1.82) is 0 Å². The fourth-order valence-corrected chi connectivity index (χ4v) is 3.05. The van der Waals surface area contributed by atoms with Gasteiger partial charge in [0, 0.05) is 25.2 Å². The molecule has 2 atom stereocenters. The highest BCUT2D eigenvalue weighted by molar-refractivity contribution is 4.81. The first-order valence-electron chi connectivity index (χ1n) is 7.05. The van der Waals surface area contributed by atoms with Crippen LogP contribution >= 0.6 is 0 Å². The number of aliphatic hydroxyl groups is 1. The highest BCUT2D eigenvalue weighted by Crippen LogP contribution is 2.30. The maximum atomic E-state index is 8.97. The Morgan fingerprint density at radius 2 is 2.06 bits per heavy atom. The van der Waals surface area contributed by atoms with E-state index in [1.165, 1.54) is 32.1 Å². The Labute approximate surface area is 101 Å². The Morgan fingerprint density at radius 1 is 1.31 bits per heavy atom. The Balaban J connectivity index is 2.48. The molecule has 96 valence electrons. The highest BCUT2D eigenvalue weighted by Gasteiger charge is 2.26. The smallest absolute Gasteiger partial charge is 0.0443 e. The van der Waals surface area contributed by atoms with Gasteiger partial charge < -0.3 is 5.11 Å². The maximum Gasteiger partial charge on any atom is 0.0443 e. The van der Waals surface area contributed by atoms with Crippen molar-refractivity contribution >= 4 is 0 Å². The molecule has 1 rings (SSSR count). The molecule has 0 aromatic carbocycles. The molecule has 0 heterocycles. The zero-order valence-electron chi connectivity index (χ0n) is 11.3. The van der Waals surface area contributed by atoms with E-state index in [0.29, 0.717) is 12.6 Å². The van der Waals surface area contributed by atoms with E-state index in [-0.39, 0.29) is 0 Å². The molecule has 1 aliphatic rings. The fourth-order valence-electron chi connectivity index (χ4n) is 3.05. The van der Waals surface area contributed by atoms with Crippen LogP contribution in [0.3, 0.4) is 0 Å². The van der Waals surface area contributed by atoms with Gasteiger partial charge in [0.25, 0.3) is 0 Å². The number of nitrogens with zero attached hydrogens (tertiary/aromatic N) is 1. The maximum absolute atomic E-state index is 8.97. The Hall–Kier alpha value is -0.0800. The van der Waals surface area contributed by atoms with E-state index >= 15 is 0 Å². The van der Waals surface area contributed by atoms with E-state index in [9.17, 15) is 0 Å². The summed E-state index contributed by atoms with van der Waals surface area (Å²) in [6, 6.07) is 1.39. The van der Waals surface area contributed by atoms with Crippen molar-refractivity contribution in [2.75, 3.05) is 13.2 Å². The van der Waals surface area contributed by atoms with Gasteiger partial charge in [-0.05, 0) is 39.0 Å². The molecule has 2 nitrogen and oxygen atoms in total. The molecule has 0 aliphatic heterocycles. The van der Waals surface area contributed by atoms with Crippen molar-refractivity contribution in [3.8, 4) is 0 Å². The van der Waals surface area contributed by atoms with E-state index in [1.807, 2.05) is 0 Å². The van der Waals surface area contributed by atoms with Crippen LogP contribution in [0.2, 0.25) is 0 Å². The van der Waals surface area contributed by atoms with E-state index in [4.69, 9.17) is 5.11 Å². The Bertz CT molecular complexity index is 182. The van der Waals surface area contributed by atoms with Gasteiger partial charge in [-0.2, -0.15) is 0 Å². The van der Waals surface area contributed by atoms with Crippen LogP contribution in [-0.2, 0) is 0 Å². The summed E-state index contributed by atoms with van der Waals surface area (Å²) >= 11 is 0. The quantitative estimate of drug-likeness (QED) is 0.754. The van der Waals surface area contributed by atoms with Crippen molar-refractivity contribution in [1.82, 2.24) is 4.90 Å². The van der Waals surface area contributed by atoms with Crippen LogP contribution < -0.4 is 0 Å². The minimum Gasteiger partial charge on any atom is -0.396 e. The normalized spacial score (nSPS) is 26.6. The van der Waals surface area contributed by atoms with Crippen molar-refractivity contribution < 1.29 is 5.11 Å². The molecule has 16 heavy (non-hydrogen) atoms. The lowest BCUT2D eigenvalue weighted by atomic mass is 9.83. The van der Waals surface area contributed by atoms with Gasteiger partial charge in [-0.3, -0.25) is 4.90 Å². The fraction of sp³-hybridized carbons (Fsp3) is 1.00. The minimum absolute atomic E-state index is 0.327. The van der Waals surface area contributed by atoms with E-state index < -0.39 is 0 Å². The summed E-state index contributed by atoms with van der Waals surface area (Å²) in [4.78, 5) is 2.61. The van der Waals surface area contributed by atoms with Gasteiger partial charge in [-0.1, -0.05) is 26.2 Å². The zero-order valence-corrected chi connectivity index (χ0v) is 11.3. The number of aliphatic hydroxyl groups excluding tert-OH is 1. The third kappa shape index (κ3) is 4.06. The summed E-state index contributed by atoms with van der Waals surface area (Å²) in [5, 5.41) is 8.97. The second-order valence-electron chi connectivity index (χ2n) is 5.50. The Morgan fingerprint density at radius 3 is 2.62 bits per heavy atom. The number of hydrogen-bond acceptors (Lipinski definition) is 2. The van der Waals surface area contributed by atoms with Crippen molar-refractivity contribution in [2.45, 2.75) is 71.4 Å². The second kappa shape index (κ2) is 7.29. The van der Waals surface area contributed by atoms with Gasteiger partial charge in [0.15, 0.2) is 0 Å². The molecular weight excluding hydrogens is 198 g/mol. The Kier molecular flexibility index (Phi) is 6.37. The highest BCUT2D eigenvalue weighted by atomic mass is 16.3. The summed E-state index contributed by atoms with van der Waals surface area (Å²) in [5.41, 5.74) is 0. The van der Waals surface area contributed by atoms with Crippen molar-refractivity contribution in [3.05, 3.63) is 0 Å². The van der Waals surface area contributed by atoms with Gasteiger partial charge in [-0.25, -0.2) is 0 Å². The van der Waals surface area contributed by atoms with E-state index in [0.717, 1.165) is 24.9 Å². The topological polar surface area (TPSA) is 23.5 Å². The summed E-state index contributed by atoms with van der Waals surface area (Å²) in [6.45, 7) is 8.28. The lowest BCUT2D eigenvalue weighted by molar-refractivity contribution is 0.0905. The summed E-state index contributed by atoms with van der Waals surface area (Å²) in [5.74, 6) is 0.939. The van der Waals surface area contributed by atoms with Crippen LogP contribution in [0, 0.1) is 5.92 Å². The minimum atomic E-state index is 0.327. The van der Waals surface area contributed by atoms with Crippen LogP contribution in [-0.4, -0.2) is 35.2 Å². The number of hydrogen-bond donors (Lipinski definition) is 1. The van der Waals surface area contributed by atoms with Crippen molar-refractivity contribution in [3.63, 3.8) is 0 Å². The molecule has 0 amide bonds. The van der Waals surface area contributed by atoms with Crippen LogP contribution in [0.15, 0.2) is 0 Å². The molecular formula is C14H29NO. The molecule has 1 fully saturated rings. The zero-order chi connectivity index (χ0) is 12.0. The predicted octanol–water partition coefficient (Wildman–Crippen LogP) is 3.05. The molecule has 1 N–H and O–H groups in total. The molecule has 2 heteroatoms. The average Bonchev–Trinajstić information content (AvgIpc) is 2.29. The lowest BCUT2D eigenvalue weighted by Gasteiger charge is -2.39. The summed E-state index contributed by atoms with van der Waals surface area (Å²) in [6.07, 6.45) is 7.82. The van der Waals surface area contributed by atoms with E-state index in [2.05, 4.69) is 25.7 Å². The SMILES string of the molecule is CCC1CCCC(N(CCCO)C(C)C)C1. The van der Waals surface area contributed by atoms with Crippen LogP contribution in [0.1, 0.15) is 59.3 Å². The van der Waals surface area contributed by atoms with Gasteiger partial charge >= 0.3 is 0 Å². The molecule has 0 aromatic rings. The largest absolute Gasteiger partial charge is 0.396 e. The average molecular weight is 227 g/mol. The first kappa shape index (κ1) is 14.0. The van der Waals surface area contributed by atoms with Gasteiger partial charge in [0.2, 0.25) is 0 Å². The lowest BCUT2D eigenvalue weighted by Crippen LogP contribution is -2.43. The molecule has 0 radical (unpaired) electrons. The molecule has 0 aromatic heterocycles. The van der Waals surface area contributed by atoms with Gasteiger partial charge in [0.05, 0.1) is 0 Å². The molecule has 1 saturated carbocycles. The first-order valence-corrected chi connectivity index (χ1v) is 7.05. The number of rotatable bonds is 6. The third-order valence-electron chi connectivity index (χ3n) is 4.04. The second-order valence-corrected chi connectivity index (χ2v) is 5.50. The third-order valence-corrected chi connectivity index (χ3v) is 4.04. The first-order chi connectivity index (χ1) is 7.69. The van der Waals surface area contributed by atoms with Gasteiger partial charge in [0.1, 0.15) is 0 Å². The monoisotopic (exact) mass is 227 g/mol. The molecule has 0 saturated heterocycles. The van der Waals surface area contributed by atoms with E-state index in [1.54, 1.807) is 0 Å². The van der Waals surface area contributed by atoms with Crippen LogP contribution in [0.25, 0.3) is 0 Å². The van der Waals surface area contributed by atoms with Crippen molar-refractivity contribution in [2.24, 2.45) is 5.92 Å². The molecule has 0 spiro atoms. The summed E-state index contributed by atoms with van der Waals surface area (Å²) in [7, 11) is 0. The summed E-state index contributed by atoms with van der Waals surface area (Å²) < 4.78 is 0. The standard InChI is InChI=1S/C14H29NO/c1-4-13-7-5-8-14(11-13)15(12(2)3)9-6-10-16/h12-14,16H,4-11H2,1-3H3. The van der Waals surface area contributed by atoms with Crippen LogP contribution in [0.4, 0.5) is 0 Å². The molecule has 1 aliphatic carbocycles.